The molecule has 11 heteroatoms. The molecule has 0 atom stereocenters. The number of hydrogen-bond acceptors (Lipinski definition) is 9. The average molecular weight is 639 g/mol. The molecule has 3 heterocycles. The van der Waals surface area contributed by atoms with Gasteiger partial charge in [0.2, 0.25) is 5.95 Å². The number of nitrogens with zero attached hydrogens (tertiary/aromatic N) is 4. The van der Waals surface area contributed by atoms with Crippen LogP contribution in [0.5, 0.6) is 5.75 Å². The molecule has 2 N–H and O–H groups in total. The first-order valence-corrected chi connectivity index (χ1v) is 17.9. The third kappa shape index (κ3) is 7.24. The Morgan fingerprint density at radius 3 is 2.43 bits per heavy atom. The van der Waals surface area contributed by atoms with Crippen LogP contribution in [0.25, 0.3) is 0 Å². The topological polar surface area (TPSA) is 99.7 Å². The lowest BCUT2D eigenvalue weighted by Gasteiger charge is -2.41. The quantitative estimate of drug-likeness (QED) is 0.229. The Labute approximate surface area is 266 Å². The molecular formula is C33H43ClN6O3S. The number of rotatable bonds is 11. The van der Waals surface area contributed by atoms with Gasteiger partial charge in [0.1, 0.15) is 10.8 Å². The summed E-state index contributed by atoms with van der Waals surface area (Å²) in [5, 5.41) is 6.16. The molecule has 2 aliphatic heterocycles. The first-order valence-electron chi connectivity index (χ1n) is 15.9. The molecular weight excluding hydrogens is 596 g/mol. The van der Waals surface area contributed by atoms with E-state index in [1.165, 1.54) is 69.9 Å². The van der Waals surface area contributed by atoms with Crippen LogP contribution in [0, 0.1) is 5.92 Å². The van der Waals surface area contributed by atoms with Crippen LogP contribution in [0.4, 0.5) is 28.8 Å². The Morgan fingerprint density at radius 1 is 0.955 bits per heavy atom. The maximum atomic E-state index is 13.0. The Bertz CT molecular complexity index is 1550. The molecule has 0 amide bonds. The number of ether oxygens (including phenoxy) is 1. The number of halogens is 1. The average Bonchev–Trinajstić information content (AvgIpc) is 3.87. The van der Waals surface area contributed by atoms with Gasteiger partial charge in [-0.25, -0.2) is 13.4 Å². The highest BCUT2D eigenvalue weighted by molar-refractivity contribution is 7.92. The Hall–Kier alpha value is -3.08. The van der Waals surface area contributed by atoms with Crippen molar-refractivity contribution in [2.45, 2.75) is 75.0 Å². The number of aromatic nitrogens is 2. The second kappa shape index (κ2) is 13.5. The minimum atomic E-state index is -3.52. The van der Waals surface area contributed by atoms with E-state index >= 15 is 0 Å². The molecule has 0 radical (unpaired) electrons. The van der Waals surface area contributed by atoms with Crippen molar-refractivity contribution in [3.8, 4) is 5.75 Å². The highest BCUT2D eigenvalue weighted by Gasteiger charge is 2.27. The van der Waals surface area contributed by atoms with Crippen LogP contribution in [0.2, 0.25) is 5.02 Å². The molecule has 236 valence electrons. The molecule has 3 aliphatic rings. The fourth-order valence-corrected chi connectivity index (χ4v) is 7.37. The molecule has 1 aliphatic carbocycles. The van der Waals surface area contributed by atoms with Crippen molar-refractivity contribution in [3.63, 3.8) is 0 Å². The SMILES string of the molecule is CC(C)S(=O)(=O)c1ccccc1Nc1nc(Nc2ccc(N3CCC(N4CCCCC4)CC3)cc2OCC2CC2)ncc1Cl. The molecule has 1 saturated carbocycles. The van der Waals surface area contributed by atoms with Crippen molar-refractivity contribution in [1.29, 1.82) is 0 Å². The smallest absolute Gasteiger partial charge is 0.229 e. The number of likely N-dealkylation sites (tertiary alicyclic amines) is 1. The van der Waals surface area contributed by atoms with Crippen LogP contribution in [-0.4, -0.2) is 67.4 Å². The van der Waals surface area contributed by atoms with Crippen LogP contribution in [0.15, 0.2) is 53.6 Å². The van der Waals surface area contributed by atoms with Crippen molar-refractivity contribution in [3.05, 3.63) is 53.7 Å². The van der Waals surface area contributed by atoms with Crippen LogP contribution < -0.4 is 20.3 Å². The zero-order valence-electron chi connectivity index (χ0n) is 25.6. The van der Waals surface area contributed by atoms with E-state index in [0.29, 0.717) is 36.0 Å². The first-order chi connectivity index (χ1) is 21.3. The number of para-hydroxylation sites is 1. The maximum absolute atomic E-state index is 13.0. The van der Waals surface area contributed by atoms with Crippen molar-refractivity contribution in [2.24, 2.45) is 5.92 Å². The predicted molar refractivity (Wildman–Crippen MR) is 178 cm³/mol. The van der Waals surface area contributed by atoms with Crippen LogP contribution in [0.3, 0.4) is 0 Å². The summed E-state index contributed by atoms with van der Waals surface area (Å²) in [6.07, 6.45) is 10.3. The largest absolute Gasteiger partial charge is 0.491 e. The zero-order chi connectivity index (χ0) is 30.7. The molecule has 0 unspecified atom stereocenters. The lowest BCUT2D eigenvalue weighted by atomic mass is 9.99. The van der Waals surface area contributed by atoms with Crippen molar-refractivity contribution < 1.29 is 13.2 Å². The molecule has 0 bridgehead atoms. The van der Waals surface area contributed by atoms with Gasteiger partial charge in [0, 0.05) is 30.9 Å². The van der Waals surface area contributed by atoms with Crippen molar-refractivity contribution >= 4 is 50.3 Å². The Morgan fingerprint density at radius 2 is 1.70 bits per heavy atom. The molecule has 2 saturated heterocycles. The minimum Gasteiger partial charge on any atom is -0.491 e. The van der Waals surface area contributed by atoms with Gasteiger partial charge in [-0.05, 0) is 95.6 Å². The molecule has 3 aromatic rings. The fraction of sp³-hybridized carbons (Fsp3) is 0.515. The maximum Gasteiger partial charge on any atom is 0.229 e. The highest BCUT2D eigenvalue weighted by Crippen LogP contribution is 2.37. The van der Waals surface area contributed by atoms with Gasteiger partial charge in [-0.3, -0.25) is 0 Å². The van der Waals surface area contributed by atoms with Gasteiger partial charge in [-0.2, -0.15) is 4.98 Å². The van der Waals surface area contributed by atoms with E-state index in [4.69, 9.17) is 16.3 Å². The minimum absolute atomic E-state index is 0.200. The van der Waals surface area contributed by atoms with E-state index in [1.807, 2.05) is 6.07 Å². The van der Waals surface area contributed by atoms with E-state index < -0.39 is 15.1 Å². The number of piperidine rings is 2. The molecule has 3 fully saturated rings. The Balaban J connectivity index is 1.19. The summed E-state index contributed by atoms with van der Waals surface area (Å²) in [6.45, 7) is 8.59. The number of sulfone groups is 1. The van der Waals surface area contributed by atoms with Gasteiger partial charge in [-0.1, -0.05) is 30.2 Å². The number of nitrogens with one attached hydrogen (secondary N) is 2. The lowest BCUT2D eigenvalue weighted by molar-refractivity contribution is 0.141. The van der Waals surface area contributed by atoms with Crippen LogP contribution >= 0.6 is 11.6 Å². The molecule has 0 spiro atoms. The number of hydrogen-bond donors (Lipinski definition) is 2. The molecule has 9 nitrogen and oxygen atoms in total. The number of benzene rings is 2. The van der Waals surface area contributed by atoms with Crippen molar-refractivity contribution in [2.75, 3.05) is 48.3 Å². The van der Waals surface area contributed by atoms with Crippen LogP contribution in [-0.2, 0) is 9.84 Å². The van der Waals surface area contributed by atoms with E-state index in [-0.39, 0.29) is 9.92 Å². The van der Waals surface area contributed by atoms with Gasteiger partial charge in [0.05, 0.1) is 34.3 Å². The molecule has 2 aromatic carbocycles. The second-order valence-electron chi connectivity index (χ2n) is 12.5. The fourth-order valence-electron chi connectivity index (χ4n) is 6.03. The second-order valence-corrected chi connectivity index (χ2v) is 15.4. The summed E-state index contributed by atoms with van der Waals surface area (Å²) in [4.78, 5) is 14.4. The summed E-state index contributed by atoms with van der Waals surface area (Å²) in [7, 11) is -3.52. The van der Waals surface area contributed by atoms with E-state index in [0.717, 1.165) is 24.5 Å². The Kier molecular flexibility index (Phi) is 9.49. The summed E-state index contributed by atoms with van der Waals surface area (Å²) >= 11 is 6.47. The summed E-state index contributed by atoms with van der Waals surface area (Å²) in [5.74, 6) is 2.02. The third-order valence-electron chi connectivity index (χ3n) is 8.93. The third-order valence-corrected chi connectivity index (χ3v) is 11.4. The first kappa shape index (κ1) is 30.9. The molecule has 6 rings (SSSR count). The van der Waals surface area contributed by atoms with Gasteiger partial charge in [0.25, 0.3) is 0 Å². The van der Waals surface area contributed by atoms with Gasteiger partial charge < -0.3 is 25.2 Å². The monoisotopic (exact) mass is 638 g/mol. The molecule has 1 aromatic heterocycles. The summed E-state index contributed by atoms with van der Waals surface area (Å²) in [6, 6.07) is 13.8. The van der Waals surface area contributed by atoms with Gasteiger partial charge in [0.15, 0.2) is 15.7 Å². The van der Waals surface area contributed by atoms with Crippen LogP contribution in [0.1, 0.15) is 58.8 Å². The molecule has 44 heavy (non-hydrogen) atoms. The number of anilines is 5. The standard InChI is InChI=1S/C33H43ClN6O3S/c1-23(2)44(41,42)31-9-5-4-8-29(31)36-32-27(34)21-35-33(38-32)37-28-13-12-26(20-30(28)43-22-24-10-11-24)40-18-14-25(15-19-40)39-16-6-3-7-17-39/h4-5,8-9,12-13,20-21,23-25H,3,6-7,10-11,14-19,22H2,1-2H3,(H2,35,36,37,38). The zero-order valence-corrected chi connectivity index (χ0v) is 27.2. The van der Waals surface area contributed by atoms with E-state index in [9.17, 15) is 8.42 Å². The van der Waals surface area contributed by atoms with Gasteiger partial charge >= 0.3 is 0 Å². The highest BCUT2D eigenvalue weighted by atomic mass is 35.5. The van der Waals surface area contributed by atoms with E-state index in [1.54, 1.807) is 38.1 Å². The summed E-state index contributed by atoms with van der Waals surface area (Å²) in [5.41, 5.74) is 2.35. The lowest BCUT2D eigenvalue weighted by Crippen LogP contribution is -2.46. The predicted octanol–water partition coefficient (Wildman–Crippen LogP) is 7.04. The summed E-state index contributed by atoms with van der Waals surface area (Å²) < 4.78 is 32.3. The van der Waals surface area contributed by atoms with E-state index in [2.05, 4.69) is 42.5 Å². The van der Waals surface area contributed by atoms with Gasteiger partial charge in [-0.15, -0.1) is 0 Å². The van der Waals surface area contributed by atoms with Crippen molar-refractivity contribution in [1.82, 2.24) is 14.9 Å². The normalized spacial score (nSPS) is 18.4.